The molecular weight excluding hydrogens is 501 g/mol. The van der Waals surface area contributed by atoms with Crippen LogP contribution in [-0.4, -0.2) is 18.0 Å². The Hall–Kier alpha value is -4.45. The van der Waals surface area contributed by atoms with Crippen molar-refractivity contribution in [2.24, 2.45) is 0 Å². The number of fused-ring (bicyclic) bond motifs is 5. The normalized spacial score (nSPS) is 12.0. The fraction of sp³-hybridized carbons (Fsp3) is 0.0833. The molecule has 0 aliphatic carbocycles. The Labute approximate surface area is 200 Å². The van der Waals surface area contributed by atoms with Crippen molar-refractivity contribution in [3.05, 3.63) is 77.3 Å². The van der Waals surface area contributed by atoms with Gasteiger partial charge in [-0.15, -0.1) is 11.3 Å². The summed E-state index contributed by atoms with van der Waals surface area (Å²) in [6.07, 6.45) is -5.24. The van der Waals surface area contributed by atoms with Gasteiger partial charge in [-0.2, -0.15) is 13.2 Å². The first-order chi connectivity index (χ1) is 16.9. The Balaban J connectivity index is 1.95. The fourth-order valence-corrected chi connectivity index (χ4v) is 5.43. The van der Waals surface area contributed by atoms with Gasteiger partial charge in [0.25, 0.3) is 0 Å². The summed E-state index contributed by atoms with van der Waals surface area (Å²) in [4.78, 5) is 76.6. The number of carbonyl (C=O) groups is 2. The standard InChI is InChI=1S/C24H11F3N2O6S/c1-8(30)28-11-6-2-4-9-13(11)19(33)21-15(17(9)31)16-18(32)10-5-3-7-12(29-23(35)24(25,26)27)14(10)20(34)22(16)36-21/h2-7H,1H3,(H,28,30)(H,29,35). The van der Waals surface area contributed by atoms with E-state index in [-0.39, 0.29) is 42.0 Å². The molecule has 0 radical (unpaired) electrons. The number of nitrogens with one attached hydrogen (secondary N) is 2. The van der Waals surface area contributed by atoms with Crippen LogP contribution in [0.5, 0.6) is 0 Å². The number of benzene rings is 4. The molecule has 2 amide bonds. The predicted octanol–water partition coefficient (Wildman–Crippen LogP) is 3.14. The summed E-state index contributed by atoms with van der Waals surface area (Å²) in [6.45, 7) is 1.22. The third-order valence-corrected chi connectivity index (χ3v) is 6.85. The molecule has 36 heavy (non-hydrogen) atoms. The zero-order valence-corrected chi connectivity index (χ0v) is 18.8. The molecule has 5 aromatic rings. The summed E-state index contributed by atoms with van der Waals surface area (Å²) < 4.78 is 37.9. The van der Waals surface area contributed by atoms with Gasteiger partial charge in [-0.3, -0.25) is 28.8 Å². The van der Waals surface area contributed by atoms with E-state index in [1.54, 1.807) is 5.32 Å². The Morgan fingerprint density at radius 3 is 1.56 bits per heavy atom. The van der Waals surface area contributed by atoms with E-state index in [0.717, 1.165) is 6.07 Å². The molecule has 5 rings (SSSR count). The Bertz CT molecular complexity index is 2020. The number of anilines is 2. The summed E-state index contributed by atoms with van der Waals surface area (Å²) in [5.74, 6) is -2.83. The van der Waals surface area contributed by atoms with E-state index in [2.05, 4.69) is 5.32 Å². The highest BCUT2D eigenvalue weighted by atomic mass is 32.1. The predicted molar refractivity (Wildman–Crippen MR) is 131 cm³/mol. The lowest BCUT2D eigenvalue weighted by molar-refractivity contribution is -0.167. The first-order valence-corrected chi connectivity index (χ1v) is 11.0. The van der Waals surface area contributed by atoms with Crippen LogP contribution in [-0.2, 0) is 9.59 Å². The number of alkyl halides is 3. The average molecular weight is 512 g/mol. The highest BCUT2D eigenvalue weighted by molar-refractivity contribution is 7.25. The van der Waals surface area contributed by atoms with Gasteiger partial charge in [0.15, 0.2) is 10.9 Å². The second-order valence-corrected chi connectivity index (χ2v) is 8.94. The SMILES string of the molecule is CC(=O)Nc1cccc2c(=O)c3c(sc4c(=O)c5c(NC(=O)C(F)(F)F)cccc5c(=O)c43)c(=O)c12. The van der Waals surface area contributed by atoms with Crippen LogP contribution < -0.4 is 32.3 Å². The van der Waals surface area contributed by atoms with Crippen LogP contribution in [0.15, 0.2) is 55.6 Å². The van der Waals surface area contributed by atoms with Crippen LogP contribution in [0.4, 0.5) is 24.5 Å². The maximum atomic E-state index is 13.4. The van der Waals surface area contributed by atoms with Crippen molar-refractivity contribution in [3.63, 3.8) is 0 Å². The zero-order valence-electron chi connectivity index (χ0n) is 18.0. The highest BCUT2D eigenvalue weighted by Gasteiger charge is 2.39. The van der Waals surface area contributed by atoms with Crippen molar-refractivity contribution in [2.45, 2.75) is 13.1 Å². The van der Waals surface area contributed by atoms with Gasteiger partial charge in [-0.05, 0) is 12.1 Å². The Kier molecular flexibility index (Phi) is 5.04. The highest BCUT2D eigenvalue weighted by Crippen LogP contribution is 2.32. The van der Waals surface area contributed by atoms with Crippen LogP contribution in [0.1, 0.15) is 6.92 Å². The molecule has 0 atom stereocenters. The molecular formula is C24H11F3N2O6S. The molecule has 1 aromatic heterocycles. The minimum atomic E-state index is -5.24. The molecule has 4 aromatic carbocycles. The lowest BCUT2D eigenvalue weighted by Gasteiger charge is -2.10. The van der Waals surface area contributed by atoms with Crippen LogP contribution in [0.3, 0.4) is 0 Å². The molecule has 1 heterocycles. The van der Waals surface area contributed by atoms with E-state index < -0.39 is 50.8 Å². The molecule has 0 aliphatic rings. The first kappa shape index (κ1) is 23.3. The first-order valence-electron chi connectivity index (χ1n) is 10.2. The quantitative estimate of drug-likeness (QED) is 0.374. The molecule has 8 nitrogen and oxygen atoms in total. The molecule has 0 fully saturated rings. The van der Waals surface area contributed by atoms with Gasteiger partial charge in [0.05, 0.1) is 42.3 Å². The van der Waals surface area contributed by atoms with Gasteiger partial charge in [0.1, 0.15) is 0 Å². The van der Waals surface area contributed by atoms with E-state index in [1.807, 2.05) is 0 Å². The van der Waals surface area contributed by atoms with Gasteiger partial charge in [0, 0.05) is 17.7 Å². The van der Waals surface area contributed by atoms with E-state index in [9.17, 15) is 41.9 Å². The molecule has 12 heteroatoms. The number of halogens is 3. The van der Waals surface area contributed by atoms with Crippen LogP contribution in [0.25, 0.3) is 41.7 Å². The second kappa shape index (κ2) is 7.78. The Morgan fingerprint density at radius 1 is 0.694 bits per heavy atom. The summed E-state index contributed by atoms with van der Waals surface area (Å²) in [6, 6.07) is 7.62. The smallest absolute Gasteiger partial charge is 0.326 e. The molecule has 0 bridgehead atoms. The van der Waals surface area contributed by atoms with Crippen LogP contribution >= 0.6 is 11.3 Å². The maximum Gasteiger partial charge on any atom is 0.471 e. The minimum absolute atomic E-state index is 0.0726. The van der Waals surface area contributed by atoms with E-state index in [0.29, 0.717) is 11.3 Å². The third-order valence-electron chi connectivity index (χ3n) is 5.66. The summed E-state index contributed by atoms with van der Waals surface area (Å²) in [5.41, 5.74) is -3.62. The maximum absolute atomic E-state index is 13.4. The molecule has 0 spiro atoms. The largest absolute Gasteiger partial charge is 0.471 e. The van der Waals surface area contributed by atoms with Crippen molar-refractivity contribution < 1.29 is 22.8 Å². The van der Waals surface area contributed by atoms with E-state index in [1.165, 1.54) is 37.3 Å². The molecule has 0 saturated heterocycles. The number of amides is 2. The molecule has 180 valence electrons. The van der Waals surface area contributed by atoms with Crippen molar-refractivity contribution in [1.82, 2.24) is 0 Å². The van der Waals surface area contributed by atoms with Gasteiger partial charge in [-0.1, -0.05) is 24.3 Å². The number of carbonyl (C=O) groups excluding carboxylic acids is 2. The van der Waals surface area contributed by atoms with E-state index in [4.69, 9.17) is 0 Å². The lowest BCUT2D eigenvalue weighted by Crippen LogP contribution is -2.30. The Morgan fingerprint density at radius 2 is 1.14 bits per heavy atom. The number of hydrogen-bond donors (Lipinski definition) is 2. The fourth-order valence-electron chi connectivity index (χ4n) is 4.24. The number of rotatable bonds is 2. The topological polar surface area (TPSA) is 126 Å². The van der Waals surface area contributed by atoms with Gasteiger partial charge in [-0.25, -0.2) is 0 Å². The molecule has 2 N–H and O–H groups in total. The summed E-state index contributed by atoms with van der Waals surface area (Å²) in [5, 5.41) is 2.53. The van der Waals surface area contributed by atoms with Crippen molar-refractivity contribution in [2.75, 3.05) is 10.6 Å². The summed E-state index contributed by atoms with van der Waals surface area (Å²) in [7, 11) is 0. The van der Waals surface area contributed by atoms with Crippen molar-refractivity contribution in [3.8, 4) is 0 Å². The van der Waals surface area contributed by atoms with E-state index >= 15 is 0 Å². The molecule has 0 saturated carbocycles. The summed E-state index contributed by atoms with van der Waals surface area (Å²) >= 11 is 0.561. The van der Waals surface area contributed by atoms with Crippen molar-refractivity contribution >= 4 is 76.2 Å². The monoisotopic (exact) mass is 512 g/mol. The van der Waals surface area contributed by atoms with Gasteiger partial charge >= 0.3 is 12.1 Å². The van der Waals surface area contributed by atoms with Gasteiger partial charge in [0.2, 0.25) is 16.8 Å². The van der Waals surface area contributed by atoms with Crippen LogP contribution in [0, 0.1) is 0 Å². The lowest BCUT2D eigenvalue weighted by atomic mass is 10.0. The third kappa shape index (κ3) is 3.29. The number of hydrogen-bond acceptors (Lipinski definition) is 7. The zero-order chi connectivity index (χ0) is 26.1. The molecule has 0 unspecified atom stereocenters. The minimum Gasteiger partial charge on any atom is -0.326 e. The average Bonchev–Trinajstić information content (AvgIpc) is 3.22. The van der Waals surface area contributed by atoms with Crippen LogP contribution in [0.2, 0.25) is 0 Å². The number of thiophene rings is 1. The molecule has 0 aliphatic heterocycles. The van der Waals surface area contributed by atoms with Gasteiger partial charge < -0.3 is 10.6 Å². The second-order valence-electron chi connectivity index (χ2n) is 7.92. The van der Waals surface area contributed by atoms with Crippen molar-refractivity contribution in [1.29, 1.82) is 0 Å².